The van der Waals surface area contributed by atoms with Crippen LogP contribution in [0.1, 0.15) is 55.3 Å². The monoisotopic (exact) mass is 377 g/mol. The van der Waals surface area contributed by atoms with Crippen LogP contribution < -0.4 is 0 Å². The summed E-state index contributed by atoms with van der Waals surface area (Å²) in [5, 5.41) is 0. The number of benzene rings is 2. The van der Waals surface area contributed by atoms with Crippen molar-refractivity contribution in [1.29, 1.82) is 0 Å². The summed E-state index contributed by atoms with van der Waals surface area (Å²) < 4.78 is 12.5. The molecule has 5 atom stereocenters. The molecule has 2 aliphatic heterocycles. The molecule has 3 nitrogen and oxygen atoms in total. The molecule has 0 bridgehead atoms. The summed E-state index contributed by atoms with van der Waals surface area (Å²) >= 11 is 0. The van der Waals surface area contributed by atoms with Crippen LogP contribution in [0.5, 0.6) is 0 Å². The predicted molar refractivity (Wildman–Crippen MR) is 111 cm³/mol. The van der Waals surface area contributed by atoms with Crippen LogP contribution in [0.2, 0.25) is 0 Å². The number of fused-ring (bicyclic) bond motifs is 5. The maximum Gasteiger partial charge on any atom is 0.111 e. The quantitative estimate of drug-likeness (QED) is 0.653. The number of nitrogens with zero attached hydrogens (tertiary/aromatic N) is 1. The minimum Gasteiger partial charge on any atom is -0.377 e. The fourth-order valence-corrected chi connectivity index (χ4v) is 5.58. The Bertz CT molecular complexity index is 792. The molecule has 2 aromatic rings. The smallest absolute Gasteiger partial charge is 0.111 e. The summed E-state index contributed by atoms with van der Waals surface area (Å²) in [6.07, 6.45) is 6.51. The van der Waals surface area contributed by atoms with Crippen molar-refractivity contribution in [3.63, 3.8) is 0 Å². The first-order valence-electron chi connectivity index (χ1n) is 10.9. The summed E-state index contributed by atoms with van der Waals surface area (Å²) in [4.78, 5) is 2.74. The van der Waals surface area contributed by atoms with Gasteiger partial charge in [0.2, 0.25) is 0 Å². The average molecular weight is 378 g/mol. The van der Waals surface area contributed by atoms with E-state index in [9.17, 15) is 0 Å². The molecule has 2 fully saturated rings. The molecule has 0 saturated carbocycles. The lowest BCUT2D eigenvalue weighted by molar-refractivity contribution is -0.0625. The minimum absolute atomic E-state index is 0.315. The molecule has 2 heterocycles. The zero-order valence-corrected chi connectivity index (χ0v) is 16.8. The molecular formula is C25H31NO2. The predicted octanol–water partition coefficient (Wildman–Crippen LogP) is 5.11. The summed E-state index contributed by atoms with van der Waals surface area (Å²) in [6, 6.07) is 20.5. The molecule has 0 amide bonds. The Balaban J connectivity index is 1.22. The summed E-state index contributed by atoms with van der Waals surface area (Å²) in [5.41, 5.74) is 4.25. The van der Waals surface area contributed by atoms with E-state index in [2.05, 4.69) is 66.4 Å². The largest absolute Gasteiger partial charge is 0.377 e. The van der Waals surface area contributed by atoms with Crippen molar-refractivity contribution < 1.29 is 9.47 Å². The van der Waals surface area contributed by atoms with E-state index in [-0.39, 0.29) is 0 Å². The van der Waals surface area contributed by atoms with Crippen molar-refractivity contribution in [3.05, 3.63) is 71.3 Å². The van der Waals surface area contributed by atoms with E-state index >= 15 is 0 Å². The highest BCUT2D eigenvalue weighted by Gasteiger charge is 2.52. The van der Waals surface area contributed by atoms with Crippen LogP contribution >= 0.6 is 0 Å². The molecule has 2 saturated heterocycles. The normalized spacial score (nSPS) is 31.4. The lowest BCUT2D eigenvalue weighted by atomic mass is 9.85. The fourth-order valence-electron chi connectivity index (χ4n) is 5.58. The van der Waals surface area contributed by atoms with Gasteiger partial charge in [0.25, 0.3) is 0 Å². The number of ether oxygens (including phenoxy) is 2. The van der Waals surface area contributed by atoms with E-state index in [1.807, 2.05) is 0 Å². The van der Waals surface area contributed by atoms with Gasteiger partial charge in [0.05, 0.1) is 18.8 Å². The maximum absolute atomic E-state index is 6.53. The van der Waals surface area contributed by atoms with Gasteiger partial charge in [-0.25, -0.2) is 0 Å². The standard InChI is InChI=1S/C25H31NO2/c1-18-13-14-24-26(25-21-11-6-5-10-20(21)16-23(25)28-24)22(18)12-7-15-27-17-19-8-3-2-4-9-19/h2-6,8-11,18,22-25H,7,12-17H2,1H3/t18-,22-,23-,24-,25+/m0/s1. The molecular weight excluding hydrogens is 346 g/mol. The Labute approximate surface area is 168 Å². The molecule has 3 heteroatoms. The molecule has 148 valence electrons. The Hall–Kier alpha value is -1.68. The first-order valence-corrected chi connectivity index (χ1v) is 10.9. The highest BCUT2D eigenvalue weighted by molar-refractivity contribution is 5.38. The SMILES string of the molecule is C[C@H]1CC[C@@H]2O[C@H]3Cc4ccccc4[C@H]3N2[C@H]1CCCOCc1ccccc1. The topological polar surface area (TPSA) is 21.7 Å². The molecule has 2 aromatic carbocycles. The van der Waals surface area contributed by atoms with Gasteiger partial charge in [-0.2, -0.15) is 0 Å². The first kappa shape index (κ1) is 18.4. The third-order valence-corrected chi connectivity index (χ3v) is 6.94. The van der Waals surface area contributed by atoms with Gasteiger partial charge in [-0.05, 0) is 48.3 Å². The van der Waals surface area contributed by atoms with E-state index in [0.717, 1.165) is 25.4 Å². The molecule has 0 radical (unpaired) electrons. The highest BCUT2D eigenvalue weighted by atomic mass is 16.5. The van der Waals surface area contributed by atoms with E-state index in [0.29, 0.717) is 31.0 Å². The molecule has 5 rings (SSSR count). The van der Waals surface area contributed by atoms with Crippen molar-refractivity contribution >= 4 is 0 Å². The van der Waals surface area contributed by atoms with Crippen LogP contribution in [0.25, 0.3) is 0 Å². The number of hydrogen-bond acceptors (Lipinski definition) is 3. The van der Waals surface area contributed by atoms with Crippen LogP contribution in [-0.2, 0) is 22.5 Å². The van der Waals surface area contributed by atoms with Crippen molar-refractivity contribution in [2.45, 2.75) is 70.1 Å². The van der Waals surface area contributed by atoms with E-state index in [1.165, 1.54) is 36.0 Å². The zero-order valence-electron chi connectivity index (χ0n) is 16.8. The minimum atomic E-state index is 0.315. The van der Waals surface area contributed by atoms with Crippen LogP contribution in [0.15, 0.2) is 54.6 Å². The van der Waals surface area contributed by atoms with Gasteiger partial charge in [-0.15, -0.1) is 0 Å². The van der Waals surface area contributed by atoms with Crippen LogP contribution in [-0.4, -0.2) is 29.9 Å². The van der Waals surface area contributed by atoms with E-state index in [4.69, 9.17) is 9.47 Å². The summed E-state index contributed by atoms with van der Waals surface area (Å²) in [6.45, 7) is 3.98. The average Bonchev–Trinajstić information content (AvgIpc) is 3.26. The van der Waals surface area contributed by atoms with Crippen LogP contribution in [0, 0.1) is 5.92 Å². The number of rotatable bonds is 6. The van der Waals surface area contributed by atoms with E-state index < -0.39 is 0 Å². The molecule has 1 aliphatic carbocycles. The Morgan fingerprint density at radius 3 is 2.75 bits per heavy atom. The third kappa shape index (κ3) is 3.41. The van der Waals surface area contributed by atoms with Crippen molar-refractivity contribution in [2.24, 2.45) is 5.92 Å². The molecule has 0 unspecified atom stereocenters. The second kappa shape index (κ2) is 7.98. The van der Waals surface area contributed by atoms with E-state index in [1.54, 1.807) is 0 Å². The number of hydrogen-bond donors (Lipinski definition) is 0. The summed E-state index contributed by atoms with van der Waals surface area (Å²) in [7, 11) is 0. The Kier molecular flexibility index (Phi) is 5.23. The van der Waals surface area contributed by atoms with Gasteiger partial charge in [-0.3, -0.25) is 4.90 Å². The van der Waals surface area contributed by atoms with Crippen molar-refractivity contribution in [2.75, 3.05) is 6.61 Å². The molecule has 28 heavy (non-hydrogen) atoms. The second-order valence-electron chi connectivity index (χ2n) is 8.73. The first-order chi connectivity index (χ1) is 13.8. The number of piperidine rings is 1. The van der Waals surface area contributed by atoms with Gasteiger partial charge in [0.1, 0.15) is 6.23 Å². The Morgan fingerprint density at radius 1 is 1.04 bits per heavy atom. The van der Waals surface area contributed by atoms with Crippen molar-refractivity contribution in [3.8, 4) is 0 Å². The third-order valence-electron chi connectivity index (χ3n) is 6.94. The highest BCUT2D eigenvalue weighted by Crippen LogP contribution is 2.50. The van der Waals surface area contributed by atoms with Gasteiger partial charge < -0.3 is 9.47 Å². The second-order valence-corrected chi connectivity index (χ2v) is 8.73. The summed E-state index contributed by atoms with van der Waals surface area (Å²) in [5.74, 6) is 0.723. The molecule has 0 aromatic heterocycles. The van der Waals surface area contributed by atoms with Gasteiger partial charge in [0, 0.05) is 19.1 Å². The van der Waals surface area contributed by atoms with Gasteiger partial charge >= 0.3 is 0 Å². The Morgan fingerprint density at radius 2 is 1.86 bits per heavy atom. The lowest BCUT2D eigenvalue weighted by Gasteiger charge is -2.43. The van der Waals surface area contributed by atoms with Crippen LogP contribution in [0.3, 0.4) is 0 Å². The maximum atomic E-state index is 6.53. The zero-order chi connectivity index (χ0) is 18.9. The van der Waals surface area contributed by atoms with Gasteiger partial charge in [0.15, 0.2) is 0 Å². The molecule has 0 N–H and O–H groups in total. The van der Waals surface area contributed by atoms with Gasteiger partial charge in [-0.1, -0.05) is 61.5 Å². The lowest BCUT2D eigenvalue weighted by Crippen LogP contribution is -2.48. The molecule has 0 spiro atoms. The van der Waals surface area contributed by atoms with Crippen molar-refractivity contribution in [1.82, 2.24) is 4.90 Å². The molecule has 3 aliphatic rings. The van der Waals surface area contributed by atoms with Crippen LogP contribution in [0.4, 0.5) is 0 Å². The fraction of sp³-hybridized carbons (Fsp3) is 0.520.